The number of hydrogen-bond acceptors (Lipinski definition) is 4. The smallest absolute Gasteiger partial charge is 0.129 e. The first-order chi connectivity index (χ1) is 8.88. The molecule has 1 N–H and O–H groups in total. The first-order valence-electron chi connectivity index (χ1n) is 6.27. The molecule has 0 unspecified atom stereocenters. The van der Waals surface area contributed by atoms with E-state index in [-0.39, 0.29) is 0 Å². The summed E-state index contributed by atoms with van der Waals surface area (Å²) in [5.41, 5.74) is 0. The zero-order valence-electron chi connectivity index (χ0n) is 10.6. The Balaban J connectivity index is 1.69. The van der Waals surface area contributed by atoms with Crippen molar-refractivity contribution in [3.05, 3.63) is 46.0 Å². The molecule has 0 bridgehead atoms. The van der Waals surface area contributed by atoms with Gasteiger partial charge >= 0.3 is 0 Å². The van der Waals surface area contributed by atoms with Crippen molar-refractivity contribution in [3.8, 4) is 0 Å². The summed E-state index contributed by atoms with van der Waals surface area (Å²) in [5.74, 6) is 1.86. The quantitative estimate of drug-likeness (QED) is 0.741. The number of ether oxygens (including phenoxy) is 1. The van der Waals surface area contributed by atoms with Crippen LogP contribution in [0.1, 0.15) is 29.7 Å². The van der Waals surface area contributed by atoms with Crippen LogP contribution in [0.25, 0.3) is 0 Å². The van der Waals surface area contributed by atoms with Crippen LogP contribution in [0.4, 0.5) is 0 Å². The standard InChI is InChI=1S/C14H19NO2S/c1-2-7-15-9-12-5-6-13(17-12)10-16-11-14-4-3-8-18-14/h3-6,8,15H,2,7,9-11H2,1H3. The van der Waals surface area contributed by atoms with E-state index in [9.17, 15) is 0 Å². The molecule has 0 radical (unpaired) electrons. The van der Waals surface area contributed by atoms with Crippen molar-refractivity contribution in [2.45, 2.75) is 33.1 Å². The first kappa shape index (κ1) is 13.3. The molecule has 2 heterocycles. The van der Waals surface area contributed by atoms with Crippen molar-refractivity contribution in [1.29, 1.82) is 0 Å². The molecule has 0 saturated carbocycles. The van der Waals surface area contributed by atoms with Crippen molar-refractivity contribution in [2.24, 2.45) is 0 Å². The number of furan rings is 1. The second-order valence-corrected chi connectivity index (χ2v) is 5.15. The van der Waals surface area contributed by atoms with Gasteiger partial charge in [0, 0.05) is 4.88 Å². The minimum Gasteiger partial charge on any atom is -0.462 e. The molecule has 0 fully saturated rings. The molecular formula is C14H19NO2S. The monoisotopic (exact) mass is 265 g/mol. The van der Waals surface area contributed by atoms with Crippen LogP contribution in [0.5, 0.6) is 0 Å². The van der Waals surface area contributed by atoms with Crippen LogP contribution in [0.3, 0.4) is 0 Å². The highest BCUT2D eigenvalue weighted by Crippen LogP contribution is 2.13. The molecule has 0 aromatic carbocycles. The predicted octanol–water partition coefficient (Wildman–Crippen LogP) is 3.56. The Morgan fingerprint density at radius 3 is 2.89 bits per heavy atom. The molecule has 98 valence electrons. The van der Waals surface area contributed by atoms with Crippen LogP contribution in [0.2, 0.25) is 0 Å². The van der Waals surface area contributed by atoms with E-state index in [2.05, 4.69) is 23.7 Å². The molecule has 0 atom stereocenters. The lowest BCUT2D eigenvalue weighted by molar-refractivity contribution is 0.0938. The lowest BCUT2D eigenvalue weighted by Crippen LogP contribution is -2.13. The molecule has 0 aliphatic heterocycles. The van der Waals surface area contributed by atoms with E-state index in [1.54, 1.807) is 11.3 Å². The fourth-order valence-corrected chi connectivity index (χ4v) is 2.27. The highest BCUT2D eigenvalue weighted by Gasteiger charge is 2.02. The third-order valence-corrected chi connectivity index (χ3v) is 3.36. The van der Waals surface area contributed by atoms with Gasteiger partial charge in [-0.25, -0.2) is 0 Å². The van der Waals surface area contributed by atoms with Crippen LogP contribution < -0.4 is 5.32 Å². The van der Waals surface area contributed by atoms with Gasteiger partial charge in [-0.15, -0.1) is 11.3 Å². The Hall–Kier alpha value is -1.10. The third kappa shape index (κ3) is 4.29. The van der Waals surface area contributed by atoms with Gasteiger partial charge in [0.2, 0.25) is 0 Å². The largest absolute Gasteiger partial charge is 0.462 e. The van der Waals surface area contributed by atoms with E-state index in [0.717, 1.165) is 31.0 Å². The lowest BCUT2D eigenvalue weighted by Gasteiger charge is -2.01. The van der Waals surface area contributed by atoms with Crippen LogP contribution in [0.15, 0.2) is 34.1 Å². The number of nitrogens with one attached hydrogen (secondary N) is 1. The fourth-order valence-electron chi connectivity index (χ4n) is 1.63. The van der Waals surface area contributed by atoms with E-state index < -0.39 is 0 Å². The van der Waals surface area contributed by atoms with E-state index in [4.69, 9.17) is 9.15 Å². The van der Waals surface area contributed by atoms with Gasteiger partial charge < -0.3 is 14.5 Å². The maximum Gasteiger partial charge on any atom is 0.129 e. The van der Waals surface area contributed by atoms with Crippen LogP contribution in [-0.2, 0) is 24.5 Å². The maximum atomic E-state index is 5.67. The Kier molecular flexibility index (Phi) is 5.45. The summed E-state index contributed by atoms with van der Waals surface area (Å²) in [5, 5.41) is 5.37. The molecule has 0 aliphatic rings. The lowest BCUT2D eigenvalue weighted by atomic mass is 10.4. The van der Waals surface area contributed by atoms with E-state index >= 15 is 0 Å². The normalized spacial score (nSPS) is 10.9. The molecule has 0 aliphatic carbocycles. The van der Waals surface area contributed by atoms with Gasteiger partial charge in [0.05, 0.1) is 13.2 Å². The summed E-state index contributed by atoms with van der Waals surface area (Å²) in [6.07, 6.45) is 1.14. The average Bonchev–Trinajstić information content (AvgIpc) is 3.01. The highest BCUT2D eigenvalue weighted by atomic mass is 32.1. The average molecular weight is 265 g/mol. The molecular weight excluding hydrogens is 246 g/mol. The minimum atomic E-state index is 0.533. The van der Waals surface area contributed by atoms with Gasteiger partial charge in [0.1, 0.15) is 18.1 Å². The van der Waals surface area contributed by atoms with Crippen LogP contribution >= 0.6 is 11.3 Å². The Morgan fingerprint density at radius 1 is 1.22 bits per heavy atom. The van der Waals surface area contributed by atoms with Crippen LogP contribution in [0, 0.1) is 0 Å². The highest BCUT2D eigenvalue weighted by molar-refractivity contribution is 7.09. The summed E-state index contributed by atoms with van der Waals surface area (Å²) < 4.78 is 11.3. The Labute approximate surface area is 112 Å². The SMILES string of the molecule is CCCNCc1ccc(COCc2cccs2)o1. The number of hydrogen-bond donors (Lipinski definition) is 1. The van der Waals surface area contributed by atoms with Gasteiger partial charge in [-0.05, 0) is 36.5 Å². The zero-order chi connectivity index (χ0) is 12.6. The summed E-state index contributed by atoms with van der Waals surface area (Å²) in [7, 11) is 0. The molecule has 18 heavy (non-hydrogen) atoms. The summed E-state index contributed by atoms with van der Waals surface area (Å²) in [6.45, 7) is 5.15. The second-order valence-electron chi connectivity index (χ2n) is 4.12. The fraction of sp³-hybridized carbons (Fsp3) is 0.429. The van der Waals surface area contributed by atoms with Gasteiger partial charge in [0.25, 0.3) is 0 Å². The summed E-state index contributed by atoms with van der Waals surface area (Å²) in [6, 6.07) is 8.10. The minimum absolute atomic E-state index is 0.533. The molecule has 0 saturated heterocycles. The van der Waals surface area contributed by atoms with Gasteiger partial charge in [-0.2, -0.15) is 0 Å². The van der Waals surface area contributed by atoms with E-state index in [0.29, 0.717) is 13.2 Å². The molecule has 4 heteroatoms. The molecule has 0 amide bonds. The second kappa shape index (κ2) is 7.36. The van der Waals surface area contributed by atoms with E-state index in [1.165, 1.54) is 4.88 Å². The molecule has 2 aromatic rings. The first-order valence-corrected chi connectivity index (χ1v) is 7.15. The molecule has 2 aromatic heterocycles. The maximum absolute atomic E-state index is 5.67. The predicted molar refractivity (Wildman–Crippen MR) is 73.5 cm³/mol. The number of rotatable bonds is 8. The third-order valence-electron chi connectivity index (χ3n) is 2.51. The van der Waals surface area contributed by atoms with Crippen LogP contribution in [-0.4, -0.2) is 6.54 Å². The molecule has 0 spiro atoms. The van der Waals surface area contributed by atoms with Crippen molar-refractivity contribution in [1.82, 2.24) is 5.32 Å². The molecule has 3 nitrogen and oxygen atoms in total. The summed E-state index contributed by atoms with van der Waals surface area (Å²) in [4.78, 5) is 1.24. The Bertz CT molecular complexity index is 436. The Morgan fingerprint density at radius 2 is 2.11 bits per heavy atom. The van der Waals surface area contributed by atoms with Crippen molar-refractivity contribution in [3.63, 3.8) is 0 Å². The van der Waals surface area contributed by atoms with Gasteiger partial charge in [-0.3, -0.25) is 0 Å². The van der Waals surface area contributed by atoms with Crippen molar-refractivity contribution in [2.75, 3.05) is 6.54 Å². The van der Waals surface area contributed by atoms with E-state index in [1.807, 2.05) is 18.2 Å². The van der Waals surface area contributed by atoms with Gasteiger partial charge in [0.15, 0.2) is 0 Å². The van der Waals surface area contributed by atoms with Gasteiger partial charge in [-0.1, -0.05) is 13.0 Å². The molecule has 2 rings (SSSR count). The topological polar surface area (TPSA) is 34.4 Å². The van der Waals surface area contributed by atoms with Crippen molar-refractivity contribution < 1.29 is 9.15 Å². The number of thiophene rings is 1. The zero-order valence-corrected chi connectivity index (χ0v) is 11.5. The summed E-state index contributed by atoms with van der Waals surface area (Å²) >= 11 is 1.71. The van der Waals surface area contributed by atoms with Crippen molar-refractivity contribution >= 4 is 11.3 Å².